The molecule has 130 valence electrons. The van der Waals surface area contributed by atoms with E-state index in [1.54, 1.807) is 17.0 Å². The van der Waals surface area contributed by atoms with Gasteiger partial charge in [-0.25, -0.2) is 9.97 Å². The van der Waals surface area contributed by atoms with Crippen molar-refractivity contribution in [3.63, 3.8) is 0 Å². The molecule has 3 rings (SSSR count). The third-order valence-corrected chi connectivity index (χ3v) is 3.83. The normalized spacial score (nSPS) is 10.7. The van der Waals surface area contributed by atoms with E-state index in [2.05, 4.69) is 15.3 Å². The highest BCUT2D eigenvalue weighted by Crippen LogP contribution is 2.21. The number of rotatable bonds is 5. The molecule has 0 saturated carbocycles. The molecule has 0 unspecified atom stereocenters. The van der Waals surface area contributed by atoms with Crippen LogP contribution < -0.4 is 10.2 Å². The molecule has 0 bridgehead atoms. The largest absolute Gasteiger partial charge is 0.465 e. The number of nitrogens with one attached hydrogen (secondary N) is 1. The predicted molar refractivity (Wildman–Crippen MR) is 95.4 cm³/mol. The van der Waals surface area contributed by atoms with Crippen LogP contribution in [-0.2, 0) is 13.6 Å². The van der Waals surface area contributed by atoms with Crippen molar-refractivity contribution in [3.8, 4) is 11.1 Å². The summed E-state index contributed by atoms with van der Waals surface area (Å²) >= 11 is 0. The van der Waals surface area contributed by atoms with Crippen molar-refractivity contribution in [1.82, 2.24) is 19.9 Å². The van der Waals surface area contributed by atoms with Crippen LogP contribution in [-0.4, -0.2) is 34.5 Å². The highest BCUT2D eigenvalue weighted by Gasteiger charge is 2.14. The van der Waals surface area contributed by atoms with Crippen molar-refractivity contribution in [2.45, 2.75) is 13.5 Å². The molecule has 0 aliphatic carbocycles. The topological polar surface area (TPSA) is 76.2 Å². The van der Waals surface area contributed by atoms with Gasteiger partial charge in [0.25, 0.3) is 5.91 Å². The lowest BCUT2D eigenvalue weighted by Gasteiger charge is -2.09. The Morgan fingerprint density at radius 1 is 1.24 bits per heavy atom. The number of aryl methyl sites for hydroxylation is 2. The molecule has 3 heterocycles. The zero-order chi connectivity index (χ0) is 18.0. The Kier molecular flexibility index (Phi) is 4.56. The van der Waals surface area contributed by atoms with Crippen molar-refractivity contribution in [2.75, 3.05) is 19.0 Å². The molecule has 0 atom stereocenters. The van der Waals surface area contributed by atoms with Gasteiger partial charge in [0.05, 0.1) is 6.54 Å². The Labute approximate surface area is 146 Å². The van der Waals surface area contributed by atoms with Crippen LogP contribution in [0.1, 0.15) is 22.0 Å². The molecule has 1 amide bonds. The summed E-state index contributed by atoms with van der Waals surface area (Å²) in [6.45, 7) is 2.23. The maximum Gasteiger partial charge on any atom is 0.268 e. The van der Waals surface area contributed by atoms with Crippen LogP contribution >= 0.6 is 0 Å². The quantitative estimate of drug-likeness (QED) is 0.772. The van der Waals surface area contributed by atoms with Crippen LogP contribution in [0.15, 0.2) is 41.2 Å². The van der Waals surface area contributed by atoms with Crippen molar-refractivity contribution >= 4 is 11.9 Å². The first-order valence-electron chi connectivity index (χ1n) is 7.93. The lowest BCUT2D eigenvalue weighted by Crippen LogP contribution is -2.24. The van der Waals surface area contributed by atoms with E-state index in [1.807, 2.05) is 57.4 Å². The fraction of sp³-hybridized carbons (Fsp3) is 0.278. The van der Waals surface area contributed by atoms with Crippen LogP contribution in [0.25, 0.3) is 11.1 Å². The van der Waals surface area contributed by atoms with Crippen molar-refractivity contribution in [3.05, 3.63) is 54.0 Å². The van der Waals surface area contributed by atoms with Gasteiger partial charge in [0.2, 0.25) is 5.95 Å². The average molecular weight is 339 g/mol. The minimum absolute atomic E-state index is 0.159. The summed E-state index contributed by atoms with van der Waals surface area (Å²) in [5, 5.41) is 2.87. The van der Waals surface area contributed by atoms with Crippen molar-refractivity contribution < 1.29 is 9.21 Å². The molecule has 0 saturated heterocycles. The number of hydrogen-bond acceptors (Lipinski definition) is 5. The molecule has 25 heavy (non-hydrogen) atoms. The highest BCUT2D eigenvalue weighted by molar-refractivity contribution is 5.94. The Bertz CT molecular complexity index is 877. The summed E-state index contributed by atoms with van der Waals surface area (Å²) in [6.07, 6.45) is 5.40. The number of amides is 1. The van der Waals surface area contributed by atoms with Gasteiger partial charge in [-0.05, 0) is 25.1 Å². The second-order valence-corrected chi connectivity index (χ2v) is 6.09. The molecule has 0 spiro atoms. The first kappa shape index (κ1) is 16.8. The number of carbonyl (C=O) groups excluding carboxylic acids is 1. The van der Waals surface area contributed by atoms with E-state index in [9.17, 15) is 4.79 Å². The van der Waals surface area contributed by atoms with Crippen LogP contribution in [0.5, 0.6) is 0 Å². The summed E-state index contributed by atoms with van der Waals surface area (Å²) in [4.78, 5) is 22.9. The van der Waals surface area contributed by atoms with Gasteiger partial charge in [-0.2, -0.15) is 0 Å². The van der Waals surface area contributed by atoms with Crippen LogP contribution in [0.2, 0.25) is 0 Å². The number of carbonyl (C=O) groups is 1. The fourth-order valence-corrected chi connectivity index (χ4v) is 2.49. The molecule has 0 aliphatic rings. The zero-order valence-corrected chi connectivity index (χ0v) is 14.8. The van der Waals surface area contributed by atoms with Gasteiger partial charge in [-0.3, -0.25) is 4.79 Å². The molecule has 7 heteroatoms. The predicted octanol–water partition coefficient (Wildman–Crippen LogP) is 2.38. The number of nitrogens with zero attached hydrogens (tertiary/aromatic N) is 4. The lowest BCUT2D eigenvalue weighted by atomic mass is 10.2. The van der Waals surface area contributed by atoms with Crippen LogP contribution in [0.3, 0.4) is 0 Å². The standard InChI is InChI=1S/C18H21N5O2/c1-12-5-6-15(25-12)10-19-17(24)16-7-13(11-23(16)4)14-8-20-18(21-9-14)22(2)3/h5-9,11H,10H2,1-4H3,(H,19,24). The summed E-state index contributed by atoms with van der Waals surface area (Å²) < 4.78 is 7.25. The summed E-state index contributed by atoms with van der Waals surface area (Å²) in [5.74, 6) is 2.04. The SMILES string of the molecule is Cc1ccc(CNC(=O)c2cc(-c3cnc(N(C)C)nc3)cn2C)o1. The number of aromatic nitrogens is 3. The van der Waals surface area contributed by atoms with E-state index in [0.717, 1.165) is 22.6 Å². The van der Waals surface area contributed by atoms with Gasteiger partial charge in [0.15, 0.2) is 0 Å². The van der Waals surface area contributed by atoms with E-state index in [4.69, 9.17) is 4.42 Å². The molecule has 0 fully saturated rings. The van der Waals surface area contributed by atoms with Gasteiger partial charge < -0.3 is 19.2 Å². The van der Waals surface area contributed by atoms with Gasteiger partial charge in [0.1, 0.15) is 17.2 Å². The summed E-state index contributed by atoms with van der Waals surface area (Å²) in [6, 6.07) is 5.56. The van der Waals surface area contributed by atoms with E-state index >= 15 is 0 Å². The van der Waals surface area contributed by atoms with Crippen LogP contribution in [0.4, 0.5) is 5.95 Å². The van der Waals surface area contributed by atoms with Crippen LogP contribution in [0, 0.1) is 6.92 Å². The summed E-state index contributed by atoms with van der Waals surface area (Å²) in [7, 11) is 5.62. The molecule has 7 nitrogen and oxygen atoms in total. The zero-order valence-electron chi connectivity index (χ0n) is 14.8. The number of anilines is 1. The van der Waals surface area contributed by atoms with Crippen molar-refractivity contribution in [2.24, 2.45) is 7.05 Å². The summed E-state index contributed by atoms with van der Waals surface area (Å²) in [5.41, 5.74) is 2.32. The minimum Gasteiger partial charge on any atom is -0.465 e. The Hall–Kier alpha value is -3.09. The third kappa shape index (κ3) is 3.71. The molecule has 0 aromatic carbocycles. The maximum atomic E-state index is 12.4. The second-order valence-electron chi connectivity index (χ2n) is 6.09. The number of hydrogen-bond donors (Lipinski definition) is 1. The monoisotopic (exact) mass is 339 g/mol. The first-order chi connectivity index (χ1) is 11.9. The smallest absolute Gasteiger partial charge is 0.268 e. The van der Waals surface area contributed by atoms with E-state index in [-0.39, 0.29) is 5.91 Å². The molecule has 0 aliphatic heterocycles. The first-order valence-corrected chi connectivity index (χ1v) is 7.93. The Morgan fingerprint density at radius 2 is 1.96 bits per heavy atom. The third-order valence-electron chi connectivity index (χ3n) is 3.83. The Morgan fingerprint density at radius 3 is 2.56 bits per heavy atom. The highest BCUT2D eigenvalue weighted by atomic mass is 16.3. The molecule has 1 N–H and O–H groups in total. The van der Waals surface area contributed by atoms with Gasteiger partial charge in [0, 0.05) is 50.9 Å². The average Bonchev–Trinajstić information content (AvgIpc) is 3.18. The lowest BCUT2D eigenvalue weighted by molar-refractivity contribution is 0.0939. The molecule has 3 aromatic heterocycles. The maximum absolute atomic E-state index is 12.4. The van der Waals surface area contributed by atoms with E-state index in [1.165, 1.54) is 0 Å². The molecule has 0 radical (unpaired) electrons. The fourth-order valence-electron chi connectivity index (χ4n) is 2.49. The Balaban J connectivity index is 1.73. The van der Waals surface area contributed by atoms with Crippen molar-refractivity contribution in [1.29, 1.82) is 0 Å². The van der Waals surface area contributed by atoms with Gasteiger partial charge in [-0.1, -0.05) is 0 Å². The molecular formula is C18H21N5O2. The minimum atomic E-state index is -0.159. The van der Waals surface area contributed by atoms with E-state index < -0.39 is 0 Å². The number of furan rings is 1. The second kappa shape index (κ2) is 6.80. The van der Waals surface area contributed by atoms with Gasteiger partial charge >= 0.3 is 0 Å². The van der Waals surface area contributed by atoms with E-state index in [0.29, 0.717) is 18.2 Å². The van der Waals surface area contributed by atoms with Gasteiger partial charge in [-0.15, -0.1) is 0 Å². The molecule has 3 aromatic rings. The molecular weight excluding hydrogens is 318 g/mol.